The number of ether oxygens (including phenoxy) is 2. The number of carbonyl (C=O) groups is 2. The van der Waals surface area contributed by atoms with Crippen LogP contribution in [-0.4, -0.2) is 31.1 Å². The van der Waals surface area contributed by atoms with Crippen LogP contribution in [0, 0.1) is 0 Å². The van der Waals surface area contributed by atoms with E-state index in [1.165, 1.54) is 0 Å². The number of carbonyl (C=O) groups excluding carboxylic acids is 2. The van der Waals surface area contributed by atoms with Crippen molar-refractivity contribution in [3.05, 3.63) is 90.0 Å². The zero-order valence-corrected chi connectivity index (χ0v) is 16.3. The van der Waals surface area contributed by atoms with Crippen LogP contribution in [0.5, 0.6) is 11.5 Å². The van der Waals surface area contributed by atoms with E-state index in [1.54, 1.807) is 36.4 Å². The third-order valence-electron chi connectivity index (χ3n) is 4.77. The molecule has 1 aliphatic heterocycles. The molecule has 152 valence electrons. The van der Waals surface area contributed by atoms with E-state index in [0.29, 0.717) is 29.3 Å². The summed E-state index contributed by atoms with van der Waals surface area (Å²) in [5.74, 6) is 0.526. The van der Waals surface area contributed by atoms with E-state index in [4.69, 9.17) is 9.47 Å². The third-order valence-corrected chi connectivity index (χ3v) is 4.77. The molecular weight excluding hydrogens is 380 g/mol. The number of nitrogens with one attached hydrogen (secondary N) is 2. The zero-order chi connectivity index (χ0) is 20.8. The molecule has 0 unspecified atom stereocenters. The lowest BCUT2D eigenvalue weighted by atomic mass is 10.1. The number of anilines is 1. The first kappa shape index (κ1) is 19.5. The Balaban J connectivity index is 1.38. The molecule has 0 radical (unpaired) electrons. The van der Waals surface area contributed by atoms with Gasteiger partial charge in [0.05, 0.1) is 11.3 Å². The summed E-state index contributed by atoms with van der Waals surface area (Å²) in [6.45, 7) is 0.607. The van der Waals surface area contributed by atoms with Crippen molar-refractivity contribution in [1.82, 2.24) is 5.32 Å². The third kappa shape index (κ3) is 4.60. The summed E-state index contributed by atoms with van der Waals surface area (Å²) in [6.07, 6.45) is -0.0672. The predicted molar refractivity (Wildman–Crippen MR) is 114 cm³/mol. The van der Waals surface area contributed by atoms with Gasteiger partial charge in [0, 0.05) is 6.54 Å². The number of benzene rings is 3. The minimum Gasteiger partial charge on any atom is -0.485 e. The molecule has 2 N–H and O–H groups in total. The van der Waals surface area contributed by atoms with Gasteiger partial charge in [0.15, 0.2) is 11.5 Å². The first-order valence-corrected chi connectivity index (χ1v) is 9.81. The molecule has 1 atom stereocenters. The van der Waals surface area contributed by atoms with Crippen LogP contribution >= 0.6 is 0 Å². The highest BCUT2D eigenvalue weighted by molar-refractivity contribution is 6.04. The number of hydrogen-bond acceptors (Lipinski definition) is 4. The molecule has 4 rings (SSSR count). The maximum absolute atomic E-state index is 12.7. The SMILES string of the molecule is O=C(NCCc1ccccc1)c1ccccc1NC(=O)[C@H]1COc2ccccc2O1. The first-order valence-electron chi connectivity index (χ1n) is 9.81. The highest BCUT2D eigenvalue weighted by Crippen LogP contribution is 2.31. The molecule has 0 saturated heterocycles. The largest absolute Gasteiger partial charge is 0.485 e. The lowest BCUT2D eigenvalue weighted by Gasteiger charge is -2.25. The molecule has 6 nitrogen and oxygen atoms in total. The van der Waals surface area contributed by atoms with Crippen LogP contribution in [0.15, 0.2) is 78.9 Å². The molecule has 0 aliphatic carbocycles. The van der Waals surface area contributed by atoms with Gasteiger partial charge in [-0.3, -0.25) is 9.59 Å². The molecule has 1 heterocycles. The van der Waals surface area contributed by atoms with Crippen molar-refractivity contribution in [3.63, 3.8) is 0 Å². The molecule has 2 amide bonds. The van der Waals surface area contributed by atoms with E-state index in [2.05, 4.69) is 10.6 Å². The number of amides is 2. The monoisotopic (exact) mass is 402 g/mol. The molecule has 0 aromatic heterocycles. The standard InChI is InChI=1S/C24H22N2O4/c27-23(25-15-14-17-8-2-1-3-9-17)18-10-4-5-11-19(18)26-24(28)22-16-29-20-12-6-7-13-21(20)30-22/h1-13,22H,14-16H2,(H,25,27)(H,26,28)/t22-/m1/s1. The molecule has 3 aromatic rings. The van der Waals surface area contributed by atoms with Crippen molar-refractivity contribution < 1.29 is 19.1 Å². The minimum absolute atomic E-state index is 0.105. The summed E-state index contributed by atoms with van der Waals surface area (Å²) < 4.78 is 11.3. The quantitative estimate of drug-likeness (QED) is 0.662. The summed E-state index contributed by atoms with van der Waals surface area (Å²) >= 11 is 0. The zero-order valence-electron chi connectivity index (χ0n) is 16.3. The fourth-order valence-electron chi connectivity index (χ4n) is 3.21. The van der Waals surface area contributed by atoms with Crippen molar-refractivity contribution in [2.24, 2.45) is 0 Å². The predicted octanol–water partition coefficient (Wildman–Crippen LogP) is 3.44. The second-order valence-electron chi connectivity index (χ2n) is 6.89. The summed E-state index contributed by atoms with van der Waals surface area (Å²) in [6, 6.07) is 24.0. The summed E-state index contributed by atoms with van der Waals surface area (Å²) in [5.41, 5.74) is 1.98. The normalized spacial score (nSPS) is 14.6. The Morgan fingerprint density at radius 2 is 1.57 bits per heavy atom. The molecule has 30 heavy (non-hydrogen) atoms. The van der Waals surface area contributed by atoms with E-state index in [9.17, 15) is 9.59 Å². The van der Waals surface area contributed by atoms with Crippen LogP contribution in [0.2, 0.25) is 0 Å². The van der Waals surface area contributed by atoms with Gasteiger partial charge < -0.3 is 20.1 Å². The van der Waals surface area contributed by atoms with E-state index in [1.807, 2.05) is 42.5 Å². The molecule has 0 bridgehead atoms. The fourth-order valence-corrected chi connectivity index (χ4v) is 3.21. The maximum Gasteiger partial charge on any atom is 0.269 e. The van der Waals surface area contributed by atoms with Gasteiger partial charge in [-0.1, -0.05) is 54.6 Å². The van der Waals surface area contributed by atoms with Crippen LogP contribution < -0.4 is 20.1 Å². The molecule has 1 aliphatic rings. The van der Waals surface area contributed by atoms with E-state index < -0.39 is 6.10 Å². The van der Waals surface area contributed by atoms with E-state index >= 15 is 0 Å². The van der Waals surface area contributed by atoms with Crippen molar-refractivity contribution in [3.8, 4) is 11.5 Å². The number of hydrogen-bond donors (Lipinski definition) is 2. The molecule has 3 aromatic carbocycles. The summed E-state index contributed by atoms with van der Waals surface area (Å²) in [7, 11) is 0. The van der Waals surface area contributed by atoms with Crippen molar-refractivity contribution >= 4 is 17.5 Å². The van der Waals surface area contributed by atoms with E-state index in [-0.39, 0.29) is 18.4 Å². The summed E-state index contributed by atoms with van der Waals surface area (Å²) in [4.78, 5) is 25.4. The number of fused-ring (bicyclic) bond motifs is 1. The van der Waals surface area contributed by atoms with Crippen LogP contribution in [0.1, 0.15) is 15.9 Å². The van der Waals surface area contributed by atoms with Crippen molar-refractivity contribution in [2.75, 3.05) is 18.5 Å². The Kier molecular flexibility index (Phi) is 5.94. The van der Waals surface area contributed by atoms with Gasteiger partial charge in [-0.05, 0) is 36.2 Å². The van der Waals surface area contributed by atoms with Gasteiger partial charge in [0.2, 0.25) is 6.10 Å². The van der Waals surface area contributed by atoms with Crippen molar-refractivity contribution in [1.29, 1.82) is 0 Å². The second kappa shape index (κ2) is 9.13. The fraction of sp³-hybridized carbons (Fsp3) is 0.167. The average molecular weight is 402 g/mol. The molecule has 0 saturated carbocycles. The van der Waals surface area contributed by atoms with Crippen LogP contribution in [-0.2, 0) is 11.2 Å². The number of rotatable bonds is 6. The Morgan fingerprint density at radius 3 is 2.40 bits per heavy atom. The van der Waals surface area contributed by atoms with Gasteiger partial charge in [0.25, 0.3) is 11.8 Å². The van der Waals surface area contributed by atoms with Crippen LogP contribution in [0.25, 0.3) is 0 Å². The van der Waals surface area contributed by atoms with Gasteiger partial charge in [-0.25, -0.2) is 0 Å². The highest BCUT2D eigenvalue weighted by Gasteiger charge is 2.28. The molecular formula is C24H22N2O4. The maximum atomic E-state index is 12.7. The minimum atomic E-state index is -0.797. The van der Waals surface area contributed by atoms with Crippen molar-refractivity contribution in [2.45, 2.75) is 12.5 Å². The van der Waals surface area contributed by atoms with Crippen LogP contribution in [0.3, 0.4) is 0 Å². The van der Waals surface area contributed by atoms with Gasteiger partial charge in [-0.15, -0.1) is 0 Å². The lowest BCUT2D eigenvalue weighted by Crippen LogP contribution is -2.40. The van der Waals surface area contributed by atoms with E-state index in [0.717, 1.165) is 12.0 Å². The van der Waals surface area contributed by atoms with Gasteiger partial charge in [0.1, 0.15) is 6.61 Å². The van der Waals surface area contributed by atoms with Gasteiger partial charge in [-0.2, -0.15) is 0 Å². The summed E-state index contributed by atoms with van der Waals surface area (Å²) in [5, 5.41) is 5.70. The Hall–Kier alpha value is -3.80. The molecule has 0 fully saturated rings. The molecule has 6 heteroatoms. The average Bonchev–Trinajstić information content (AvgIpc) is 2.79. The lowest BCUT2D eigenvalue weighted by molar-refractivity contribution is -0.125. The Morgan fingerprint density at radius 1 is 0.867 bits per heavy atom. The first-order chi connectivity index (χ1) is 14.7. The topological polar surface area (TPSA) is 76.7 Å². The van der Waals surface area contributed by atoms with Crippen LogP contribution in [0.4, 0.5) is 5.69 Å². The Bertz CT molecular complexity index is 1040. The van der Waals surface area contributed by atoms with Gasteiger partial charge >= 0.3 is 0 Å². The number of para-hydroxylation sites is 3. The molecule has 0 spiro atoms. The highest BCUT2D eigenvalue weighted by atomic mass is 16.6. The second-order valence-corrected chi connectivity index (χ2v) is 6.89. The Labute approximate surface area is 174 Å². The smallest absolute Gasteiger partial charge is 0.269 e.